The molecule has 19 heavy (non-hydrogen) atoms. The molecule has 1 aromatic carbocycles. The molecule has 0 radical (unpaired) electrons. The quantitative estimate of drug-likeness (QED) is 0.891. The highest BCUT2D eigenvalue weighted by atomic mass is 16.1. The lowest BCUT2D eigenvalue weighted by Gasteiger charge is -2.00. The van der Waals surface area contributed by atoms with Crippen LogP contribution in [0, 0.1) is 6.92 Å². The number of hydrogen-bond acceptors (Lipinski definition) is 4. The largest absolute Gasteiger partial charge is 0.288 e. The number of anilines is 1. The first-order valence-corrected chi connectivity index (χ1v) is 6.35. The van der Waals surface area contributed by atoms with Crippen molar-refractivity contribution in [3.8, 4) is 0 Å². The minimum atomic E-state index is -0.227. The van der Waals surface area contributed by atoms with Gasteiger partial charge in [0.15, 0.2) is 0 Å². The van der Waals surface area contributed by atoms with Gasteiger partial charge in [-0.15, -0.1) is 5.10 Å². The average molecular weight is 259 g/mol. The zero-order valence-corrected chi connectivity index (χ0v) is 11.1. The number of amides is 1. The lowest BCUT2D eigenvalue weighted by molar-refractivity contribution is 0.102. The standard InChI is InChI=1S/C13H17N5O/c1-3-4-9-18-16-13(15-17-18)14-12(19)11-7-5-10(2)6-8-11/h5-8H,3-4,9H2,1-2H3,(H,14,16,19). The molecule has 0 spiro atoms. The van der Waals surface area contributed by atoms with Gasteiger partial charge in [0.05, 0.1) is 6.54 Å². The summed E-state index contributed by atoms with van der Waals surface area (Å²) in [7, 11) is 0. The zero-order chi connectivity index (χ0) is 13.7. The van der Waals surface area contributed by atoms with E-state index in [4.69, 9.17) is 0 Å². The molecule has 0 unspecified atom stereocenters. The summed E-state index contributed by atoms with van der Waals surface area (Å²) < 4.78 is 0. The number of carbonyl (C=O) groups excluding carboxylic acids is 1. The van der Waals surface area contributed by atoms with Gasteiger partial charge in [-0.05, 0) is 30.7 Å². The Morgan fingerprint density at radius 1 is 1.32 bits per heavy atom. The molecule has 0 aliphatic carbocycles. The number of carbonyl (C=O) groups is 1. The third kappa shape index (κ3) is 3.61. The molecule has 100 valence electrons. The summed E-state index contributed by atoms with van der Waals surface area (Å²) in [5.74, 6) is 0.0109. The van der Waals surface area contributed by atoms with Crippen molar-refractivity contribution in [3.63, 3.8) is 0 Å². The van der Waals surface area contributed by atoms with E-state index in [1.807, 2.05) is 19.1 Å². The summed E-state index contributed by atoms with van der Waals surface area (Å²) >= 11 is 0. The molecular weight excluding hydrogens is 242 g/mol. The van der Waals surface area contributed by atoms with Gasteiger partial charge in [-0.1, -0.05) is 36.1 Å². The Morgan fingerprint density at radius 3 is 2.74 bits per heavy atom. The summed E-state index contributed by atoms with van der Waals surface area (Å²) in [6.07, 6.45) is 2.05. The monoisotopic (exact) mass is 259 g/mol. The summed E-state index contributed by atoms with van der Waals surface area (Å²) in [4.78, 5) is 13.4. The van der Waals surface area contributed by atoms with E-state index in [9.17, 15) is 4.79 Å². The Kier molecular flexibility index (Phi) is 4.22. The molecule has 0 aliphatic rings. The molecule has 6 heteroatoms. The summed E-state index contributed by atoms with van der Waals surface area (Å²) in [6.45, 7) is 4.78. The fourth-order valence-corrected chi connectivity index (χ4v) is 1.57. The molecule has 1 aromatic heterocycles. The molecule has 6 nitrogen and oxygen atoms in total. The Hall–Kier alpha value is -2.24. The van der Waals surface area contributed by atoms with Crippen LogP contribution in [0.25, 0.3) is 0 Å². The molecule has 2 aromatic rings. The van der Waals surface area contributed by atoms with Gasteiger partial charge in [0.2, 0.25) is 0 Å². The number of nitrogens with zero attached hydrogens (tertiary/aromatic N) is 4. The normalized spacial score (nSPS) is 10.4. The van der Waals surface area contributed by atoms with Crippen LogP contribution in [0.1, 0.15) is 35.7 Å². The van der Waals surface area contributed by atoms with E-state index >= 15 is 0 Å². The van der Waals surface area contributed by atoms with Gasteiger partial charge in [-0.3, -0.25) is 10.1 Å². The zero-order valence-electron chi connectivity index (χ0n) is 11.1. The minimum Gasteiger partial charge on any atom is -0.288 e. The van der Waals surface area contributed by atoms with Crippen LogP contribution < -0.4 is 5.32 Å². The molecule has 0 saturated carbocycles. The molecule has 0 atom stereocenters. The predicted molar refractivity (Wildman–Crippen MR) is 71.9 cm³/mol. The van der Waals surface area contributed by atoms with Crippen molar-refractivity contribution in [2.45, 2.75) is 33.2 Å². The SMILES string of the molecule is CCCCn1nnc(NC(=O)c2ccc(C)cc2)n1. The number of rotatable bonds is 5. The van der Waals surface area contributed by atoms with Crippen LogP contribution in [0.2, 0.25) is 0 Å². The first-order chi connectivity index (χ1) is 9.19. The van der Waals surface area contributed by atoms with E-state index in [1.165, 1.54) is 4.80 Å². The Labute approximate surface area is 111 Å². The number of hydrogen-bond donors (Lipinski definition) is 1. The molecule has 0 aliphatic heterocycles. The van der Waals surface area contributed by atoms with Crippen LogP contribution in [-0.2, 0) is 6.54 Å². The highest BCUT2D eigenvalue weighted by Crippen LogP contribution is 2.05. The van der Waals surface area contributed by atoms with Crippen molar-refractivity contribution >= 4 is 11.9 Å². The molecule has 0 bridgehead atoms. The molecule has 1 N–H and O–H groups in total. The smallest absolute Gasteiger partial charge is 0.270 e. The molecule has 0 fully saturated rings. The Balaban J connectivity index is 1.98. The number of nitrogens with one attached hydrogen (secondary N) is 1. The molecular formula is C13H17N5O. The molecule has 1 heterocycles. The van der Waals surface area contributed by atoms with E-state index in [-0.39, 0.29) is 11.9 Å². The van der Waals surface area contributed by atoms with Crippen molar-refractivity contribution < 1.29 is 4.79 Å². The molecule has 1 amide bonds. The van der Waals surface area contributed by atoms with Crippen molar-refractivity contribution in [2.75, 3.05) is 5.32 Å². The third-order valence-electron chi connectivity index (χ3n) is 2.70. The fraction of sp³-hybridized carbons (Fsp3) is 0.385. The van der Waals surface area contributed by atoms with Gasteiger partial charge in [0, 0.05) is 5.56 Å². The van der Waals surface area contributed by atoms with Gasteiger partial charge in [-0.25, -0.2) is 0 Å². The second-order valence-corrected chi connectivity index (χ2v) is 4.38. The van der Waals surface area contributed by atoms with E-state index < -0.39 is 0 Å². The van der Waals surface area contributed by atoms with Crippen LogP contribution in [0.3, 0.4) is 0 Å². The maximum Gasteiger partial charge on any atom is 0.270 e. The van der Waals surface area contributed by atoms with Crippen LogP contribution >= 0.6 is 0 Å². The van der Waals surface area contributed by atoms with Crippen molar-refractivity contribution in [2.24, 2.45) is 0 Å². The van der Waals surface area contributed by atoms with Gasteiger partial charge in [0.25, 0.3) is 11.9 Å². The van der Waals surface area contributed by atoms with E-state index in [0.717, 1.165) is 18.4 Å². The predicted octanol–water partition coefficient (Wildman–Crippen LogP) is 2.03. The van der Waals surface area contributed by atoms with Crippen LogP contribution in [0.4, 0.5) is 5.95 Å². The molecule has 2 rings (SSSR count). The van der Waals surface area contributed by atoms with E-state index in [1.54, 1.807) is 12.1 Å². The van der Waals surface area contributed by atoms with E-state index in [2.05, 4.69) is 27.7 Å². The van der Waals surface area contributed by atoms with Gasteiger partial charge < -0.3 is 0 Å². The van der Waals surface area contributed by atoms with Crippen LogP contribution in [0.5, 0.6) is 0 Å². The number of benzene rings is 1. The first-order valence-electron chi connectivity index (χ1n) is 6.35. The van der Waals surface area contributed by atoms with Gasteiger partial charge in [0.1, 0.15) is 0 Å². The number of unbranched alkanes of at least 4 members (excludes halogenated alkanes) is 1. The summed E-state index contributed by atoms with van der Waals surface area (Å²) in [6, 6.07) is 7.32. The molecule has 0 saturated heterocycles. The van der Waals surface area contributed by atoms with Crippen molar-refractivity contribution in [1.82, 2.24) is 20.2 Å². The van der Waals surface area contributed by atoms with Gasteiger partial charge in [-0.2, -0.15) is 4.80 Å². The van der Waals surface area contributed by atoms with Crippen molar-refractivity contribution in [3.05, 3.63) is 35.4 Å². The van der Waals surface area contributed by atoms with Crippen molar-refractivity contribution in [1.29, 1.82) is 0 Å². The van der Waals surface area contributed by atoms with E-state index in [0.29, 0.717) is 12.1 Å². The number of aromatic nitrogens is 4. The summed E-state index contributed by atoms with van der Waals surface area (Å²) in [5.41, 5.74) is 1.69. The maximum atomic E-state index is 11.9. The third-order valence-corrected chi connectivity index (χ3v) is 2.70. The van der Waals surface area contributed by atoms with Crippen LogP contribution in [-0.4, -0.2) is 26.1 Å². The van der Waals surface area contributed by atoms with Crippen LogP contribution in [0.15, 0.2) is 24.3 Å². The van der Waals surface area contributed by atoms with Gasteiger partial charge >= 0.3 is 0 Å². The minimum absolute atomic E-state index is 0.227. The first kappa shape index (κ1) is 13.2. The second kappa shape index (κ2) is 6.08. The number of aryl methyl sites for hydroxylation is 2. The fourth-order valence-electron chi connectivity index (χ4n) is 1.57. The topological polar surface area (TPSA) is 72.7 Å². The number of tetrazole rings is 1. The Morgan fingerprint density at radius 2 is 2.05 bits per heavy atom. The highest BCUT2D eigenvalue weighted by molar-refractivity contribution is 6.03. The Bertz CT molecular complexity index is 546. The lowest BCUT2D eigenvalue weighted by Crippen LogP contribution is -2.13. The second-order valence-electron chi connectivity index (χ2n) is 4.38. The summed E-state index contributed by atoms with van der Waals surface area (Å²) in [5, 5.41) is 14.4. The maximum absolute atomic E-state index is 11.9. The highest BCUT2D eigenvalue weighted by Gasteiger charge is 2.09. The average Bonchev–Trinajstić information content (AvgIpc) is 2.84. The lowest BCUT2D eigenvalue weighted by atomic mass is 10.1.